The number of aromatic nitrogens is 1. The van der Waals surface area contributed by atoms with Crippen LogP contribution >= 0.6 is 26.5 Å². The molecule has 5 N–H and O–H groups in total. The van der Waals surface area contributed by atoms with Crippen LogP contribution in [0.15, 0.2) is 29.6 Å². The van der Waals surface area contributed by atoms with Gasteiger partial charge in [-0.15, -0.1) is 0 Å². The number of nitro groups is 1. The van der Waals surface area contributed by atoms with Crippen LogP contribution in [-0.4, -0.2) is 29.8 Å². The monoisotopic (exact) mass is 453 g/mol. The number of nitrogens with one attached hydrogen (secondary N) is 1. The number of hydrogen-bond acceptors (Lipinski definition) is 8. The predicted octanol–water partition coefficient (Wildman–Crippen LogP) is 0.755. The van der Waals surface area contributed by atoms with Gasteiger partial charge in [-0.1, -0.05) is 11.3 Å². The van der Waals surface area contributed by atoms with Crippen LogP contribution in [0.4, 0.5) is 16.5 Å². The van der Waals surface area contributed by atoms with Gasteiger partial charge in [0.25, 0.3) is 5.69 Å². The summed E-state index contributed by atoms with van der Waals surface area (Å²) < 4.78 is 24.3. The summed E-state index contributed by atoms with van der Waals surface area (Å²) in [6.45, 7) is 1.29. The van der Waals surface area contributed by atoms with Crippen molar-refractivity contribution in [2.24, 2.45) is 0 Å². The molecule has 15 heteroatoms. The van der Waals surface area contributed by atoms with Gasteiger partial charge in [0.2, 0.25) is 5.08 Å². The normalized spacial score (nSPS) is 16.2. The lowest BCUT2D eigenvalue weighted by Crippen LogP contribution is -2.43. The van der Waals surface area contributed by atoms with E-state index in [1.54, 1.807) is 12.3 Å². The van der Waals surface area contributed by atoms with Crippen molar-refractivity contribution in [2.45, 2.75) is 25.0 Å². The van der Waals surface area contributed by atoms with E-state index in [2.05, 4.69) is 5.32 Å². The summed E-state index contributed by atoms with van der Waals surface area (Å²) in [5.74, 6) is 0. The zero-order valence-corrected chi connectivity index (χ0v) is 16.9. The summed E-state index contributed by atoms with van der Waals surface area (Å²) >= 11 is 1.18. The summed E-state index contributed by atoms with van der Waals surface area (Å²) in [6, 6.07) is 5.45. The third kappa shape index (κ3) is 4.65. The van der Waals surface area contributed by atoms with Crippen molar-refractivity contribution < 1.29 is 43.3 Å². The van der Waals surface area contributed by atoms with Gasteiger partial charge in [0, 0.05) is 23.9 Å². The predicted molar refractivity (Wildman–Crippen MR) is 97.1 cm³/mol. The average molecular weight is 453 g/mol. The summed E-state index contributed by atoms with van der Waals surface area (Å²) in [7, 11) is -11.4. The number of nitrogens with zero attached hydrogens (tertiary/aromatic N) is 2. The quantitative estimate of drug-likeness (QED) is 0.165. The van der Waals surface area contributed by atoms with Crippen molar-refractivity contribution in [2.75, 3.05) is 5.32 Å². The van der Waals surface area contributed by atoms with Crippen LogP contribution in [0.3, 0.4) is 0 Å². The standard InChI is InChI=1S/C13H17N3O9P2S/c1-9-8-28-12(14-10-2-4-11(5-3-10)16(18)19)15(9)7-6-13(17,26(20,21)22)27(23,24)25/h2-5,8,17H,6-7H2,1H3,(H4,20,21,22,23,24,25). The average Bonchev–Trinajstić information content (AvgIpc) is 2.91. The second-order valence-electron chi connectivity index (χ2n) is 5.85. The van der Waals surface area contributed by atoms with Crippen LogP contribution in [0.5, 0.6) is 0 Å². The number of benzene rings is 1. The molecule has 2 aromatic rings. The number of non-ortho nitro benzene ring substituents is 1. The number of rotatable bonds is 8. The molecule has 0 bridgehead atoms. The highest BCUT2D eigenvalue weighted by molar-refractivity contribution is 7.71. The number of nitro benzene ring substituents is 1. The molecule has 0 amide bonds. The molecule has 154 valence electrons. The minimum atomic E-state index is -5.79. The topological polar surface area (TPSA) is 197 Å². The SMILES string of the molecule is Cc1csc(Nc2ccc([N+](=O)[O-])cc2)[n+]1CCC(O)(P(=O)([O-])O)P(=O)(O)O. The molecular formula is C13H17N3O9P2S. The molecule has 0 fully saturated rings. The fourth-order valence-corrected chi connectivity index (χ4v) is 5.35. The summed E-state index contributed by atoms with van der Waals surface area (Å²) in [5.41, 5.74) is 0.950. The smallest absolute Gasteiger partial charge is 0.365 e. The second-order valence-corrected chi connectivity index (χ2v) is 10.7. The molecule has 0 aliphatic heterocycles. The lowest BCUT2D eigenvalue weighted by atomic mass is 10.3. The van der Waals surface area contributed by atoms with Crippen molar-refractivity contribution >= 4 is 43.0 Å². The van der Waals surface area contributed by atoms with Crippen LogP contribution in [0.1, 0.15) is 12.1 Å². The number of aryl methyl sites for hydroxylation is 1. The molecule has 28 heavy (non-hydrogen) atoms. The van der Waals surface area contributed by atoms with Gasteiger partial charge in [0.15, 0.2) is 7.60 Å². The first-order valence-electron chi connectivity index (χ1n) is 7.57. The molecule has 12 nitrogen and oxygen atoms in total. The molecule has 0 aliphatic rings. The van der Waals surface area contributed by atoms with Gasteiger partial charge < -0.3 is 29.2 Å². The Morgan fingerprint density at radius 2 is 1.82 bits per heavy atom. The first kappa shape index (κ1) is 22.6. The lowest BCUT2D eigenvalue weighted by Gasteiger charge is -2.35. The first-order chi connectivity index (χ1) is 12.8. The van der Waals surface area contributed by atoms with Gasteiger partial charge in [-0.25, -0.2) is 9.88 Å². The minimum absolute atomic E-state index is 0.110. The maximum Gasteiger partial charge on any atom is 0.365 e. The largest absolute Gasteiger partial charge is 0.776 e. The Morgan fingerprint density at radius 3 is 2.29 bits per heavy atom. The lowest BCUT2D eigenvalue weighted by molar-refractivity contribution is -0.686. The highest BCUT2D eigenvalue weighted by Gasteiger charge is 2.53. The van der Waals surface area contributed by atoms with Crippen LogP contribution < -0.4 is 14.8 Å². The first-order valence-corrected chi connectivity index (χ1v) is 11.6. The summed E-state index contributed by atoms with van der Waals surface area (Å²) in [6.07, 6.45) is -0.967. The Bertz CT molecular complexity index is 944. The Balaban J connectivity index is 2.26. The highest BCUT2D eigenvalue weighted by atomic mass is 32.1. The zero-order valence-electron chi connectivity index (χ0n) is 14.3. The number of hydrogen-bond donors (Lipinski definition) is 5. The number of anilines is 2. The van der Waals surface area contributed by atoms with E-state index in [4.69, 9.17) is 4.89 Å². The highest BCUT2D eigenvalue weighted by Crippen LogP contribution is 2.66. The summed E-state index contributed by atoms with van der Waals surface area (Å²) in [4.78, 5) is 49.0. The van der Waals surface area contributed by atoms with Gasteiger partial charge in [0.05, 0.1) is 11.5 Å². The second kappa shape index (κ2) is 7.97. The summed E-state index contributed by atoms with van der Waals surface area (Å²) in [5, 5.41) is 22.1. The van der Waals surface area contributed by atoms with Gasteiger partial charge in [-0.3, -0.25) is 14.7 Å². The van der Waals surface area contributed by atoms with Crippen molar-refractivity contribution in [3.05, 3.63) is 45.5 Å². The molecule has 2 atom stereocenters. The van der Waals surface area contributed by atoms with Crippen molar-refractivity contribution in [3.8, 4) is 0 Å². The molecule has 2 unspecified atom stereocenters. The van der Waals surface area contributed by atoms with Crippen LogP contribution in [0.25, 0.3) is 0 Å². The van der Waals surface area contributed by atoms with E-state index in [-0.39, 0.29) is 12.2 Å². The minimum Gasteiger partial charge on any atom is -0.776 e. The Hall–Kier alpha value is -1.69. The van der Waals surface area contributed by atoms with Gasteiger partial charge >= 0.3 is 12.7 Å². The molecule has 0 radical (unpaired) electrons. The van der Waals surface area contributed by atoms with E-state index in [1.165, 1.54) is 40.2 Å². The molecule has 1 aromatic heterocycles. The Morgan fingerprint density at radius 1 is 1.25 bits per heavy atom. The third-order valence-corrected chi connectivity index (χ3v) is 8.76. The molecule has 1 aromatic carbocycles. The van der Waals surface area contributed by atoms with Gasteiger partial charge in [0.1, 0.15) is 11.4 Å². The van der Waals surface area contributed by atoms with E-state index in [0.29, 0.717) is 16.5 Å². The van der Waals surface area contributed by atoms with E-state index in [1.807, 2.05) is 0 Å². The van der Waals surface area contributed by atoms with Crippen LogP contribution in [-0.2, 0) is 15.7 Å². The molecule has 0 aliphatic carbocycles. The van der Waals surface area contributed by atoms with Gasteiger partial charge in [-0.05, 0) is 19.1 Å². The van der Waals surface area contributed by atoms with Crippen molar-refractivity contribution in [3.63, 3.8) is 0 Å². The Kier molecular flexibility index (Phi) is 6.44. The van der Waals surface area contributed by atoms with E-state index >= 15 is 0 Å². The molecule has 1 heterocycles. The van der Waals surface area contributed by atoms with E-state index in [0.717, 1.165) is 0 Å². The Labute approximate surface area is 162 Å². The fraction of sp³-hybridized carbons (Fsp3) is 0.308. The molecular weight excluding hydrogens is 436 g/mol. The van der Waals surface area contributed by atoms with E-state index < -0.39 is 31.6 Å². The van der Waals surface area contributed by atoms with Crippen molar-refractivity contribution in [1.29, 1.82) is 0 Å². The van der Waals surface area contributed by atoms with E-state index in [9.17, 15) is 39.0 Å². The van der Waals surface area contributed by atoms with Crippen LogP contribution in [0.2, 0.25) is 0 Å². The maximum atomic E-state index is 11.4. The molecule has 2 rings (SSSR count). The molecule has 0 saturated heterocycles. The molecule has 0 saturated carbocycles. The maximum absolute atomic E-state index is 11.4. The fourth-order valence-electron chi connectivity index (χ4n) is 2.31. The third-order valence-electron chi connectivity index (χ3n) is 3.93. The molecule has 0 spiro atoms. The van der Waals surface area contributed by atoms with Crippen molar-refractivity contribution in [1.82, 2.24) is 0 Å². The number of aliphatic hydroxyl groups is 1. The van der Waals surface area contributed by atoms with Crippen LogP contribution in [0, 0.1) is 17.0 Å². The number of thiazole rings is 1. The van der Waals surface area contributed by atoms with Gasteiger partial charge in [-0.2, -0.15) is 0 Å². The zero-order chi connectivity index (χ0) is 21.3.